The molecule has 184 valence electrons. The second-order valence-electron chi connectivity index (χ2n) is 8.48. The van der Waals surface area contributed by atoms with E-state index in [0.717, 1.165) is 16.8 Å². The Bertz CT molecular complexity index is 1630. The smallest absolute Gasteiger partial charge is 0.269 e. The third kappa shape index (κ3) is 5.33. The summed E-state index contributed by atoms with van der Waals surface area (Å²) >= 11 is 12.5. The minimum atomic E-state index is -0.434. The van der Waals surface area contributed by atoms with Crippen molar-refractivity contribution in [1.29, 1.82) is 0 Å². The zero-order valence-corrected chi connectivity index (χ0v) is 20.9. The summed E-state index contributed by atoms with van der Waals surface area (Å²) in [5.41, 5.74) is 3.70. The highest BCUT2D eigenvalue weighted by molar-refractivity contribution is 6.35. The van der Waals surface area contributed by atoms with Crippen molar-refractivity contribution < 1.29 is 4.92 Å². The number of aromatic amines is 1. The summed E-state index contributed by atoms with van der Waals surface area (Å²) in [6.07, 6.45) is 3.43. The van der Waals surface area contributed by atoms with Gasteiger partial charge in [-0.25, -0.2) is 4.98 Å². The number of rotatable bonds is 7. The van der Waals surface area contributed by atoms with Gasteiger partial charge in [0.1, 0.15) is 5.82 Å². The van der Waals surface area contributed by atoms with Gasteiger partial charge in [0, 0.05) is 52.1 Å². The van der Waals surface area contributed by atoms with E-state index in [9.17, 15) is 14.9 Å². The number of imidazole rings is 1. The first-order valence-corrected chi connectivity index (χ1v) is 12.2. The molecule has 9 heteroatoms. The molecule has 0 spiro atoms. The molecule has 7 nitrogen and oxygen atoms in total. The Morgan fingerprint density at radius 3 is 2.41 bits per heavy atom. The third-order valence-electron chi connectivity index (χ3n) is 6.13. The van der Waals surface area contributed by atoms with Crippen LogP contribution in [-0.2, 0) is 6.54 Å². The van der Waals surface area contributed by atoms with Gasteiger partial charge in [0.05, 0.1) is 22.7 Å². The first-order valence-electron chi connectivity index (χ1n) is 11.4. The van der Waals surface area contributed by atoms with Crippen LogP contribution < -0.4 is 5.56 Å². The normalized spacial score (nSPS) is 11.8. The molecule has 0 saturated heterocycles. The lowest BCUT2D eigenvalue weighted by Crippen LogP contribution is -2.23. The third-order valence-corrected chi connectivity index (χ3v) is 6.70. The van der Waals surface area contributed by atoms with E-state index in [-0.39, 0.29) is 17.2 Å². The average Bonchev–Trinajstić information content (AvgIpc) is 3.40. The molecule has 0 aliphatic rings. The second kappa shape index (κ2) is 10.4. The quantitative estimate of drug-likeness (QED) is 0.182. The lowest BCUT2D eigenvalue weighted by molar-refractivity contribution is -0.384. The molecule has 1 N–H and O–H groups in total. The predicted molar refractivity (Wildman–Crippen MR) is 145 cm³/mol. The van der Waals surface area contributed by atoms with Gasteiger partial charge in [-0.15, -0.1) is 0 Å². The summed E-state index contributed by atoms with van der Waals surface area (Å²) < 4.78 is 1.63. The predicted octanol–water partition coefficient (Wildman–Crippen LogP) is 6.95. The van der Waals surface area contributed by atoms with Gasteiger partial charge in [-0.05, 0) is 47.5 Å². The molecule has 1 atom stereocenters. The van der Waals surface area contributed by atoms with Crippen molar-refractivity contribution in [2.24, 2.45) is 0 Å². The van der Waals surface area contributed by atoms with Crippen LogP contribution in [0.4, 0.5) is 5.69 Å². The number of hydrogen-bond donors (Lipinski definition) is 1. The van der Waals surface area contributed by atoms with Crippen LogP contribution in [0, 0.1) is 10.1 Å². The fourth-order valence-corrected chi connectivity index (χ4v) is 4.60. The zero-order chi connectivity index (χ0) is 25.9. The molecule has 3 aromatic carbocycles. The van der Waals surface area contributed by atoms with Crippen LogP contribution in [0.5, 0.6) is 0 Å². The SMILES string of the molecule is O=c1cc(-c2cc(Cl)ccc2Cl)ccn1CC(c1ccccc1)c1ncc(-c2ccc([N+](=O)[O-])cc2)[nH]1. The minimum absolute atomic E-state index is 0.0209. The Morgan fingerprint density at radius 1 is 0.946 bits per heavy atom. The van der Waals surface area contributed by atoms with Crippen LogP contribution in [0.25, 0.3) is 22.4 Å². The maximum atomic E-state index is 13.1. The van der Waals surface area contributed by atoms with Crippen LogP contribution in [0.1, 0.15) is 17.3 Å². The molecule has 0 amide bonds. The zero-order valence-electron chi connectivity index (χ0n) is 19.3. The van der Waals surface area contributed by atoms with Crippen molar-refractivity contribution in [3.8, 4) is 22.4 Å². The van der Waals surface area contributed by atoms with Crippen LogP contribution in [0.15, 0.2) is 102 Å². The molecular weight excluding hydrogens is 511 g/mol. The number of halogens is 2. The van der Waals surface area contributed by atoms with E-state index in [0.29, 0.717) is 33.5 Å². The van der Waals surface area contributed by atoms with Gasteiger partial charge in [-0.2, -0.15) is 0 Å². The first kappa shape index (κ1) is 24.5. The number of benzene rings is 3. The molecule has 37 heavy (non-hydrogen) atoms. The Hall–Kier alpha value is -4.20. The number of nitrogens with zero attached hydrogens (tertiary/aromatic N) is 3. The molecule has 0 aliphatic carbocycles. The summed E-state index contributed by atoms with van der Waals surface area (Å²) in [7, 11) is 0. The van der Waals surface area contributed by atoms with Gasteiger partial charge in [0.15, 0.2) is 0 Å². The Labute approximate surface area is 222 Å². The van der Waals surface area contributed by atoms with Crippen LogP contribution in [-0.4, -0.2) is 19.5 Å². The van der Waals surface area contributed by atoms with Gasteiger partial charge < -0.3 is 9.55 Å². The topological polar surface area (TPSA) is 93.8 Å². The van der Waals surface area contributed by atoms with E-state index in [4.69, 9.17) is 23.2 Å². The molecular formula is C28H20Cl2N4O3. The van der Waals surface area contributed by atoms with Gasteiger partial charge in [-0.1, -0.05) is 53.5 Å². The molecule has 0 radical (unpaired) electrons. The Balaban J connectivity index is 1.48. The van der Waals surface area contributed by atoms with E-state index in [2.05, 4.69) is 9.97 Å². The molecule has 2 aromatic heterocycles. The molecule has 0 saturated carbocycles. The number of aromatic nitrogens is 3. The number of nitro benzene ring substituents is 1. The Morgan fingerprint density at radius 2 is 1.70 bits per heavy atom. The standard InChI is InChI=1S/C28H20Cl2N4O3/c29-21-8-11-25(30)23(15-21)20-12-13-33(27(35)14-20)17-24(18-4-2-1-3-5-18)28-31-16-26(32-28)19-6-9-22(10-7-19)34(36)37/h1-16,24H,17H2,(H,31,32). The number of hydrogen-bond acceptors (Lipinski definition) is 4. The largest absolute Gasteiger partial charge is 0.341 e. The lowest BCUT2D eigenvalue weighted by Gasteiger charge is -2.17. The highest BCUT2D eigenvalue weighted by Gasteiger charge is 2.20. The maximum absolute atomic E-state index is 13.1. The fourth-order valence-electron chi connectivity index (χ4n) is 4.20. The molecule has 5 aromatic rings. The van der Waals surface area contributed by atoms with E-state index in [1.807, 2.05) is 36.4 Å². The number of non-ortho nitro benzene ring substituents is 1. The van der Waals surface area contributed by atoms with E-state index in [1.54, 1.807) is 53.4 Å². The highest BCUT2D eigenvalue weighted by atomic mass is 35.5. The molecule has 2 heterocycles. The molecule has 0 bridgehead atoms. The van der Waals surface area contributed by atoms with E-state index >= 15 is 0 Å². The molecule has 0 aliphatic heterocycles. The number of pyridine rings is 1. The fraction of sp³-hybridized carbons (Fsp3) is 0.0714. The summed E-state index contributed by atoms with van der Waals surface area (Å²) in [6, 6.07) is 24.6. The summed E-state index contributed by atoms with van der Waals surface area (Å²) in [4.78, 5) is 31.6. The Kier molecular flexibility index (Phi) is 6.90. The summed E-state index contributed by atoms with van der Waals surface area (Å²) in [5, 5.41) is 12.0. The summed E-state index contributed by atoms with van der Waals surface area (Å²) in [5.74, 6) is 0.430. The molecule has 0 fully saturated rings. The van der Waals surface area contributed by atoms with Crippen molar-refractivity contribution >= 4 is 28.9 Å². The first-order chi connectivity index (χ1) is 17.9. The lowest BCUT2D eigenvalue weighted by atomic mass is 9.98. The van der Waals surface area contributed by atoms with Crippen LogP contribution in [0.3, 0.4) is 0 Å². The van der Waals surface area contributed by atoms with Crippen LogP contribution in [0.2, 0.25) is 10.0 Å². The maximum Gasteiger partial charge on any atom is 0.269 e. The van der Waals surface area contributed by atoms with Gasteiger partial charge in [-0.3, -0.25) is 14.9 Å². The van der Waals surface area contributed by atoms with Crippen molar-refractivity contribution in [3.63, 3.8) is 0 Å². The van der Waals surface area contributed by atoms with Crippen molar-refractivity contribution in [2.75, 3.05) is 0 Å². The number of nitro groups is 1. The van der Waals surface area contributed by atoms with E-state index in [1.165, 1.54) is 12.1 Å². The number of H-pyrrole nitrogens is 1. The minimum Gasteiger partial charge on any atom is -0.341 e. The van der Waals surface area contributed by atoms with Gasteiger partial charge >= 0.3 is 0 Å². The van der Waals surface area contributed by atoms with Gasteiger partial charge in [0.2, 0.25) is 0 Å². The van der Waals surface area contributed by atoms with Crippen molar-refractivity contribution in [1.82, 2.24) is 14.5 Å². The van der Waals surface area contributed by atoms with Gasteiger partial charge in [0.25, 0.3) is 11.2 Å². The van der Waals surface area contributed by atoms with Crippen molar-refractivity contribution in [2.45, 2.75) is 12.5 Å². The molecule has 5 rings (SSSR count). The molecule has 1 unspecified atom stereocenters. The van der Waals surface area contributed by atoms with Crippen molar-refractivity contribution in [3.05, 3.63) is 139 Å². The van der Waals surface area contributed by atoms with Crippen LogP contribution >= 0.6 is 23.2 Å². The van der Waals surface area contributed by atoms with E-state index < -0.39 is 4.92 Å². The summed E-state index contributed by atoms with van der Waals surface area (Å²) in [6.45, 7) is 0.347. The highest BCUT2D eigenvalue weighted by Crippen LogP contribution is 2.31. The average molecular weight is 531 g/mol. The second-order valence-corrected chi connectivity index (χ2v) is 9.32. The number of nitrogens with one attached hydrogen (secondary N) is 1. The monoisotopic (exact) mass is 530 g/mol.